The molecular formula is C10H18N2O2. The Balaban J connectivity index is 4.34. The van der Waals surface area contributed by atoms with Crippen LogP contribution in [0.15, 0.2) is 12.7 Å². The molecule has 0 aliphatic carbocycles. The summed E-state index contributed by atoms with van der Waals surface area (Å²) in [5.74, 6) is -0.281. The summed E-state index contributed by atoms with van der Waals surface area (Å²) in [5, 5.41) is 2.30. The van der Waals surface area contributed by atoms with E-state index in [4.69, 9.17) is 0 Å². The Hall–Kier alpha value is -1.32. The molecule has 0 saturated heterocycles. The second-order valence-corrected chi connectivity index (χ2v) is 4.03. The van der Waals surface area contributed by atoms with Gasteiger partial charge in [0.05, 0.1) is 0 Å². The fourth-order valence-electron chi connectivity index (χ4n) is 0.832. The topological polar surface area (TPSA) is 49.4 Å². The molecular weight excluding hydrogens is 180 g/mol. The molecule has 0 aromatic rings. The Morgan fingerprint density at radius 3 is 2.29 bits per heavy atom. The van der Waals surface area contributed by atoms with Crippen molar-refractivity contribution in [1.82, 2.24) is 10.2 Å². The van der Waals surface area contributed by atoms with E-state index in [1.165, 1.54) is 4.90 Å². The molecule has 4 heteroatoms. The molecule has 0 aliphatic heterocycles. The maximum atomic E-state index is 11.6. The van der Waals surface area contributed by atoms with Crippen molar-refractivity contribution < 1.29 is 9.59 Å². The normalized spacial score (nSPS) is 10.6. The van der Waals surface area contributed by atoms with Crippen molar-refractivity contribution in [1.29, 1.82) is 0 Å². The maximum Gasteiger partial charge on any atom is 0.323 e. The lowest BCUT2D eigenvalue weighted by atomic mass is 9.88. The summed E-state index contributed by atoms with van der Waals surface area (Å²) < 4.78 is 0. The monoisotopic (exact) mass is 198 g/mol. The van der Waals surface area contributed by atoms with Crippen LogP contribution in [0.25, 0.3) is 0 Å². The lowest BCUT2D eigenvalue weighted by Crippen LogP contribution is -2.44. The molecule has 1 N–H and O–H groups in total. The smallest absolute Gasteiger partial charge is 0.323 e. The van der Waals surface area contributed by atoms with Gasteiger partial charge in [-0.3, -0.25) is 10.1 Å². The molecule has 0 aromatic carbocycles. The van der Waals surface area contributed by atoms with Crippen LogP contribution in [-0.2, 0) is 4.79 Å². The van der Waals surface area contributed by atoms with E-state index in [1.807, 2.05) is 0 Å². The van der Waals surface area contributed by atoms with Gasteiger partial charge in [0.25, 0.3) is 0 Å². The fourth-order valence-corrected chi connectivity index (χ4v) is 0.832. The number of imide groups is 1. The van der Waals surface area contributed by atoms with Gasteiger partial charge in [-0.05, 0) is 6.42 Å². The van der Waals surface area contributed by atoms with Gasteiger partial charge in [0.2, 0.25) is 5.91 Å². The molecule has 0 radical (unpaired) electrons. The standard InChI is InChI=1S/C10H18N2O2/c1-6-7-10(2,3)8(13)11-9(14)12(4)5/h6H,1,7H2,2-5H3,(H,11,13,14). The van der Waals surface area contributed by atoms with Gasteiger partial charge in [-0.15, -0.1) is 6.58 Å². The molecule has 4 nitrogen and oxygen atoms in total. The van der Waals surface area contributed by atoms with Crippen molar-refractivity contribution >= 4 is 11.9 Å². The highest BCUT2D eigenvalue weighted by atomic mass is 16.2. The van der Waals surface area contributed by atoms with Crippen LogP contribution >= 0.6 is 0 Å². The third-order valence-corrected chi connectivity index (χ3v) is 1.90. The van der Waals surface area contributed by atoms with Crippen LogP contribution < -0.4 is 5.32 Å². The molecule has 0 rings (SSSR count). The average molecular weight is 198 g/mol. The first kappa shape index (κ1) is 12.7. The highest BCUT2D eigenvalue weighted by Gasteiger charge is 2.27. The van der Waals surface area contributed by atoms with Crippen LogP contribution in [0.3, 0.4) is 0 Å². The lowest BCUT2D eigenvalue weighted by Gasteiger charge is -2.22. The summed E-state index contributed by atoms with van der Waals surface area (Å²) in [5.41, 5.74) is -0.590. The Kier molecular flexibility index (Phi) is 4.34. The van der Waals surface area contributed by atoms with Gasteiger partial charge in [0.1, 0.15) is 0 Å². The highest BCUT2D eigenvalue weighted by Crippen LogP contribution is 2.20. The highest BCUT2D eigenvalue weighted by molar-refractivity contribution is 5.96. The molecule has 80 valence electrons. The minimum Gasteiger partial charge on any atom is -0.331 e. The Labute approximate surface area is 85.0 Å². The molecule has 0 fully saturated rings. The molecule has 0 aromatic heterocycles. The van der Waals surface area contributed by atoms with E-state index in [2.05, 4.69) is 11.9 Å². The van der Waals surface area contributed by atoms with E-state index < -0.39 is 11.4 Å². The zero-order valence-electron chi connectivity index (χ0n) is 9.26. The first-order valence-electron chi connectivity index (χ1n) is 4.45. The van der Waals surface area contributed by atoms with Gasteiger partial charge >= 0.3 is 6.03 Å². The molecule has 0 unspecified atom stereocenters. The number of urea groups is 1. The number of hydrogen-bond acceptors (Lipinski definition) is 2. The molecule has 0 spiro atoms. The van der Waals surface area contributed by atoms with Crippen LogP contribution in [-0.4, -0.2) is 30.9 Å². The van der Waals surface area contributed by atoms with E-state index >= 15 is 0 Å². The number of carbonyl (C=O) groups is 2. The summed E-state index contributed by atoms with van der Waals surface area (Å²) in [4.78, 5) is 24.1. The largest absolute Gasteiger partial charge is 0.331 e. The van der Waals surface area contributed by atoms with Gasteiger partial charge in [0.15, 0.2) is 0 Å². The minimum absolute atomic E-state index is 0.281. The number of hydrogen-bond donors (Lipinski definition) is 1. The van der Waals surface area contributed by atoms with E-state index in [-0.39, 0.29) is 5.91 Å². The zero-order chi connectivity index (χ0) is 11.4. The van der Waals surface area contributed by atoms with Gasteiger partial charge in [-0.25, -0.2) is 4.79 Å². The molecule has 0 bridgehead atoms. The summed E-state index contributed by atoms with van der Waals surface area (Å²) in [6.07, 6.45) is 2.21. The molecule has 0 saturated carbocycles. The quantitative estimate of drug-likeness (QED) is 0.697. The van der Waals surface area contributed by atoms with Crippen LogP contribution in [0.4, 0.5) is 4.79 Å². The van der Waals surface area contributed by atoms with Crippen molar-refractivity contribution in [3.8, 4) is 0 Å². The van der Waals surface area contributed by atoms with Crippen molar-refractivity contribution in [2.75, 3.05) is 14.1 Å². The fraction of sp³-hybridized carbons (Fsp3) is 0.600. The Morgan fingerprint density at radius 2 is 1.93 bits per heavy atom. The second kappa shape index (κ2) is 4.79. The molecule has 0 aliphatic rings. The molecule has 3 amide bonds. The summed E-state index contributed by atoms with van der Waals surface area (Å²) in [6, 6.07) is -0.396. The molecule has 0 atom stereocenters. The predicted octanol–water partition coefficient (Wildman–Crippen LogP) is 1.39. The Bertz CT molecular complexity index is 245. The third-order valence-electron chi connectivity index (χ3n) is 1.90. The van der Waals surface area contributed by atoms with E-state index in [9.17, 15) is 9.59 Å². The number of allylic oxidation sites excluding steroid dienone is 1. The first-order chi connectivity index (χ1) is 6.31. The molecule has 0 heterocycles. The lowest BCUT2D eigenvalue weighted by molar-refractivity contribution is -0.128. The summed E-state index contributed by atoms with van der Waals surface area (Å²) in [7, 11) is 3.17. The van der Waals surface area contributed by atoms with Crippen molar-refractivity contribution in [3.05, 3.63) is 12.7 Å². The van der Waals surface area contributed by atoms with Crippen molar-refractivity contribution in [2.45, 2.75) is 20.3 Å². The first-order valence-corrected chi connectivity index (χ1v) is 4.45. The predicted molar refractivity (Wildman–Crippen MR) is 55.8 cm³/mol. The van der Waals surface area contributed by atoms with Crippen molar-refractivity contribution in [3.63, 3.8) is 0 Å². The van der Waals surface area contributed by atoms with E-state index in [0.29, 0.717) is 6.42 Å². The maximum absolute atomic E-state index is 11.6. The van der Waals surface area contributed by atoms with Crippen LogP contribution in [0.1, 0.15) is 20.3 Å². The van der Waals surface area contributed by atoms with Crippen LogP contribution in [0, 0.1) is 5.41 Å². The number of nitrogens with zero attached hydrogens (tertiary/aromatic N) is 1. The Morgan fingerprint density at radius 1 is 1.43 bits per heavy atom. The second-order valence-electron chi connectivity index (χ2n) is 4.03. The van der Waals surface area contributed by atoms with Crippen molar-refractivity contribution in [2.24, 2.45) is 5.41 Å². The zero-order valence-corrected chi connectivity index (χ0v) is 9.26. The third kappa shape index (κ3) is 3.60. The number of carbonyl (C=O) groups excluding carboxylic acids is 2. The van der Waals surface area contributed by atoms with E-state index in [1.54, 1.807) is 34.0 Å². The summed E-state index contributed by atoms with van der Waals surface area (Å²) in [6.45, 7) is 7.11. The SMILES string of the molecule is C=CCC(C)(C)C(=O)NC(=O)N(C)C. The number of nitrogens with one attached hydrogen (secondary N) is 1. The van der Waals surface area contributed by atoms with Gasteiger partial charge in [-0.2, -0.15) is 0 Å². The summed E-state index contributed by atoms with van der Waals surface area (Å²) >= 11 is 0. The van der Waals surface area contributed by atoms with Gasteiger partial charge in [0, 0.05) is 19.5 Å². The number of rotatable bonds is 3. The van der Waals surface area contributed by atoms with Gasteiger partial charge in [-0.1, -0.05) is 19.9 Å². The van der Waals surface area contributed by atoms with E-state index in [0.717, 1.165) is 0 Å². The minimum atomic E-state index is -0.590. The van der Waals surface area contributed by atoms with Crippen LogP contribution in [0.2, 0.25) is 0 Å². The average Bonchev–Trinajstić information content (AvgIpc) is 2.03. The number of amides is 3. The van der Waals surface area contributed by atoms with Gasteiger partial charge < -0.3 is 4.90 Å². The molecule has 14 heavy (non-hydrogen) atoms. The van der Waals surface area contributed by atoms with Crippen LogP contribution in [0.5, 0.6) is 0 Å².